The first-order valence-corrected chi connectivity index (χ1v) is 13.1. The summed E-state index contributed by atoms with van der Waals surface area (Å²) in [6.45, 7) is 2.58. The average Bonchev–Trinajstić information content (AvgIpc) is 3.61. The molecule has 1 amide bonds. The van der Waals surface area contributed by atoms with Crippen molar-refractivity contribution in [2.75, 3.05) is 14.1 Å². The Morgan fingerprint density at radius 1 is 1.19 bits per heavy atom. The van der Waals surface area contributed by atoms with Gasteiger partial charge in [-0.25, -0.2) is 10.1 Å². The number of fused-ring (bicyclic) bond motifs is 1. The van der Waals surface area contributed by atoms with E-state index in [0.717, 1.165) is 57.2 Å². The molecule has 9 nitrogen and oxygen atoms in total. The molecule has 2 aromatic carbocycles. The molecule has 0 bridgehead atoms. The van der Waals surface area contributed by atoms with Gasteiger partial charge in [0, 0.05) is 43.6 Å². The van der Waals surface area contributed by atoms with Gasteiger partial charge in [0.15, 0.2) is 11.0 Å². The fraction of sp³-hybridized carbons (Fsp3) is 0.269. The molecule has 3 heterocycles. The standard InChI is InChI=1S/C26H25BrClN7O2/c1-4-5-10-20-29-24(28)22(26(36)34(2)3)35(20)14-15-11-12-19-18(13-15)21(27)23(37-19)16-8-6-7-9-17(16)25-30-32-33-31-25/h6-9,11-13H,4-5,10,14H2,1-3H3,(H,30,31,32,33). The number of aromatic nitrogens is 6. The lowest BCUT2D eigenvalue weighted by atomic mass is 10.0. The molecular weight excluding hydrogens is 558 g/mol. The van der Waals surface area contributed by atoms with Crippen molar-refractivity contribution in [1.29, 1.82) is 0 Å². The maximum atomic E-state index is 13.0. The first-order valence-electron chi connectivity index (χ1n) is 11.9. The molecule has 3 aromatic heterocycles. The summed E-state index contributed by atoms with van der Waals surface area (Å²) in [6, 6.07) is 13.8. The van der Waals surface area contributed by atoms with Crippen LogP contribution in [0.2, 0.25) is 5.15 Å². The Labute approximate surface area is 227 Å². The van der Waals surface area contributed by atoms with Crippen LogP contribution in [0.4, 0.5) is 0 Å². The number of aryl methyl sites for hydroxylation is 1. The maximum absolute atomic E-state index is 13.0. The van der Waals surface area contributed by atoms with Crippen LogP contribution in [0, 0.1) is 0 Å². The van der Waals surface area contributed by atoms with Crippen molar-refractivity contribution in [3.05, 3.63) is 69.2 Å². The molecule has 0 atom stereocenters. The van der Waals surface area contributed by atoms with E-state index in [4.69, 9.17) is 16.0 Å². The number of halogens is 2. The van der Waals surface area contributed by atoms with E-state index in [1.54, 1.807) is 14.1 Å². The molecule has 0 aliphatic rings. The number of furan rings is 1. The molecule has 0 saturated heterocycles. The number of nitrogens with zero attached hydrogens (tertiary/aromatic N) is 6. The lowest BCUT2D eigenvalue weighted by Crippen LogP contribution is -2.25. The molecule has 11 heteroatoms. The van der Waals surface area contributed by atoms with Gasteiger partial charge in [0.05, 0.1) is 4.47 Å². The number of amides is 1. The van der Waals surface area contributed by atoms with Gasteiger partial charge in [0.25, 0.3) is 5.91 Å². The van der Waals surface area contributed by atoms with E-state index in [1.165, 1.54) is 4.90 Å². The molecule has 5 rings (SSSR count). The molecule has 1 N–H and O–H groups in total. The van der Waals surface area contributed by atoms with E-state index < -0.39 is 0 Å². The quantitative estimate of drug-likeness (QED) is 0.241. The van der Waals surface area contributed by atoms with Crippen LogP contribution in [0.3, 0.4) is 0 Å². The molecule has 37 heavy (non-hydrogen) atoms. The van der Waals surface area contributed by atoms with Crippen LogP contribution in [0.5, 0.6) is 0 Å². The van der Waals surface area contributed by atoms with Crippen molar-refractivity contribution in [3.8, 4) is 22.7 Å². The second-order valence-corrected chi connectivity index (χ2v) is 10.1. The van der Waals surface area contributed by atoms with Crippen LogP contribution in [0.15, 0.2) is 51.4 Å². The normalized spacial score (nSPS) is 11.4. The number of hydrogen-bond acceptors (Lipinski definition) is 6. The smallest absolute Gasteiger partial charge is 0.273 e. The Kier molecular flexibility index (Phi) is 7.12. The predicted octanol–water partition coefficient (Wildman–Crippen LogP) is 5.99. The number of carbonyl (C=O) groups excluding carboxylic acids is 1. The second-order valence-electron chi connectivity index (χ2n) is 8.93. The minimum Gasteiger partial charge on any atom is -0.455 e. The highest BCUT2D eigenvalue weighted by Crippen LogP contribution is 2.41. The third-order valence-corrected chi connectivity index (χ3v) is 7.22. The van der Waals surface area contributed by atoms with E-state index in [2.05, 4.69) is 54.5 Å². The number of hydrogen-bond donors (Lipinski definition) is 1. The van der Waals surface area contributed by atoms with Crippen LogP contribution in [0.1, 0.15) is 41.6 Å². The van der Waals surface area contributed by atoms with Gasteiger partial charge in [-0.1, -0.05) is 55.3 Å². The van der Waals surface area contributed by atoms with E-state index in [-0.39, 0.29) is 11.1 Å². The second kappa shape index (κ2) is 10.5. The minimum atomic E-state index is -0.174. The van der Waals surface area contributed by atoms with E-state index in [0.29, 0.717) is 23.8 Å². The molecule has 0 fully saturated rings. The number of carbonyl (C=O) groups is 1. The summed E-state index contributed by atoms with van der Waals surface area (Å²) in [5, 5.41) is 15.4. The molecule has 190 valence electrons. The SMILES string of the molecule is CCCCc1nc(Cl)c(C(=O)N(C)C)n1Cc1ccc2oc(-c3ccccc3-c3nnn[nH]3)c(Br)c2c1. The van der Waals surface area contributed by atoms with Gasteiger partial charge in [-0.3, -0.25) is 4.79 Å². The Morgan fingerprint density at radius 2 is 1.97 bits per heavy atom. The van der Waals surface area contributed by atoms with Gasteiger partial charge in [0.2, 0.25) is 0 Å². The molecule has 5 aromatic rings. The number of aromatic amines is 1. The molecule has 0 aliphatic heterocycles. The van der Waals surface area contributed by atoms with Gasteiger partial charge in [-0.2, -0.15) is 0 Å². The van der Waals surface area contributed by atoms with Crippen LogP contribution < -0.4 is 0 Å². The summed E-state index contributed by atoms with van der Waals surface area (Å²) in [4.78, 5) is 19.0. The molecule has 0 radical (unpaired) electrons. The first kappa shape index (κ1) is 25.2. The fourth-order valence-electron chi connectivity index (χ4n) is 4.31. The number of nitrogens with one attached hydrogen (secondary N) is 1. The third-order valence-electron chi connectivity index (χ3n) is 6.17. The van der Waals surface area contributed by atoms with E-state index in [9.17, 15) is 4.79 Å². The summed E-state index contributed by atoms with van der Waals surface area (Å²) in [6.07, 6.45) is 2.72. The van der Waals surface area contributed by atoms with Crippen molar-refractivity contribution >= 4 is 44.4 Å². The highest BCUT2D eigenvalue weighted by Gasteiger charge is 2.24. The average molecular weight is 583 g/mol. The van der Waals surface area contributed by atoms with Gasteiger partial charge >= 0.3 is 0 Å². The summed E-state index contributed by atoms with van der Waals surface area (Å²) in [5.41, 5.74) is 3.81. The highest BCUT2D eigenvalue weighted by atomic mass is 79.9. The largest absolute Gasteiger partial charge is 0.455 e. The van der Waals surface area contributed by atoms with Crippen LogP contribution >= 0.6 is 27.5 Å². The fourth-order valence-corrected chi connectivity index (χ4v) is 5.19. The zero-order valence-electron chi connectivity index (χ0n) is 20.6. The van der Waals surface area contributed by atoms with Crippen molar-refractivity contribution in [3.63, 3.8) is 0 Å². The zero-order valence-corrected chi connectivity index (χ0v) is 23.0. The Balaban J connectivity index is 1.57. The minimum absolute atomic E-state index is 0.174. The lowest BCUT2D eigenvalue weighted by Gasteiger charge is -2.15. The van der Waals surface area contributed by atoms with Gasteiger partial charge < -0.3 is 13.9 Å². The zero-order chi connectivity index (χ0) is 26.1. The Bertz CT molecular complexity index is 1570. The van der Waals surface area contributed by atoms with Gasteiger partial charge in [-0.05, 0) is 50.5 Å². The molecule has 0 aliphatic carbocycles. The van der Waals surface area contributed by atoms with Crippen LogP contribution in [0.25, 0.3) is 33.7 Å². The number of imidazole rings is 1. The van der Waals surface area contributed by atoms with Gasteiger partial charge in [0.1, 0.15) is 22.9 Å². The highest BCUT2D eigenvalue weighted by molar-refractivity contribution is 9.10. The number of H-pyrrole nitrogens is 1. The third kappa shape index (κ3) is 4.78. The van der Waals surface area contributed by atoms with Crippen LogP contribution in [-0.4, -0.2) is 55.1 Å². The Morgan fingerprint density at radius 3 is 2.68 bits per heavy atom. The molecule has 0 spiro atoms. The van der Waals surface area contributed by atoms with Crippen molar-refractivity contribution in [2.24, 2.45) is 0 Å². The van der Waals surface area contributed by atoms with Crippen molar-refractivity contribution < 1.29 is 9.21 Å². The number of rotatable bonds is 8. The molecule has 0 unspecified atom stereocenters. The maximum Gasteiger partial charge on any atom is 0.273 e. The molecular formula is C26H25BrClN7O2. The summed E-state index contributed by atoms with van der Waals surface area (Å²) in [7, 11) is 3.43. The molecule has 0 saturated carbocycles. The van der Waals surface area contributed by atoms with Crippen LogP contribution in [-0.2, 0) is 13.0 Å². The predicted molar refractivity (Wildman–Crippen MR) is 145 cm³/mol. The number of benzene rings is 2. The summed E-state index contributed by atoms with van der Waals surface area (Å²) in [5.74, 6) is 1.86. The number of unbranched alkanes of at least 4 members (excludes halogenated alkanes) is 1. The van der Waals surface area contributed by atoms with Crippen molar-refractivity contribution in [1.82, 2.24) is 35.1 Å². The lowest BCUT2D eigenvalue weighted by molar-refractivity contribution is 0.0817. The van der Waals surface area contributed by atoms with E-state index in [1.807, 2.05) is 41.0 Å². The monoisotopic (exact) mass is 581 g/mol. The summed E-state index contributed by atoms with van der Waals surface area (Å²) >= 11 is 10.2. The van der Waals surface area contributed by atoms with Crippen molar-refractivity contribution in [2.45, 2.75) is 32.7 Å². The van der Waals surface area contributed by atoms with E-state index >= 15 is 0 Å². The van der Waals surface area contributed by atoms with Gasteiger partial charge in [-0.15, -0.1) is 5.10 Å². The summed E-state index contributed by atoms with van der Waals surface area (Å²) < 4.78 is 9.03. The topological polar surface area (TPSA) is 106 Å². The Hall–Kier alpha value is -3.50. The first-order chi connectivity index (χ1) is 17.9. The number of tetrazole rings is 1.